The van der Waals surface area contributed by atoms with Gasteiger partial charge in [-0.15, -0.1) is 17.8 Å². The first-order valence-electron chi connectivity index (χ1n) is 12.7. The monoisotopic (exact) mass is 516 g/mol. The molecule has 0 radical (unpaired) electrons. The zero-order valence-electron chi connectivity index (χ0n) is 20.7. The second-order valence-corrected chi connectivity index (χ2v) is 11.3. The highest BCUT2D eigenvalue weighted by Gasteiger charge is 2.48. The molecule has 0 amide bonds. The van der Waals surface area contributed by atoms with E-state index in [9.17, 15) is 10.1 Å². The van der Waals surface area contributed by atoms with E-state index in [-0.39, 0.29) is 17.5 Å². The molecule has 2 aliphatic carbocycles. The van der Waals surface area contributed by atoms with Crippen molar-refractivity contribution in [3.8, 4) is 35.8 Å². The maximum Gasteiger partial charge on any atom is 0.255 e. The summed E-state index contributed by atoms with van der Waals surface area (Å²) >= 11 is 1.51. The number of terminal acetylenes is 1. The summed E-state index contributed by atoms with van der Waals surface area (Å²) in [6, 6.07) is 3.72. The minimum atomic E-state index is -0.516. The summed E-state index contributed by atoms with van der Waals surface area (Å²) < 4.78 is 12.1. The van der Waals surface area contributed by atoms with Crippen molar-refractivity contribution in [2.45, 2.75) is 68.9 Å². The molecule has 190 valence electrons. The van der Waals surface area contributed by atoms with E-state index < -0.39 is 11.5 Å². The second kappa shape index (κ2) is 9.05. The van der Waals surface area contributed by atoms with Gasteiger partial charge in [-0.25, -0.2) is 0 Å². The fourth-order valence-corrected chi connectivity index (χ4v) is 7.67. The smallest absolute Gasteiger partial charge is 0.255 e. The van der Waals surface area contributed by atoms with Gasteiger partial charge in [0, 0.05) is 10.4 Å². The maximum atomic E-state index is 12.6. The van der Waals surface area contributed by atoms with Crippen LogP contribution in [0.2, 0.25) is 0 Å². The van der Waals surface area contributed by atoms with Crippen LogP contribution in [0.5, 0.6) is 5.88 Å². The number of nitrogens with zero attached hydrogens (tertiary/aromatic N) is 4. The number of rotatable bonds is 4. The Kier molecular flexibility index (Phi) is 5.82. The average Bonchev–Trinajstić information content (AvgIpc) is 3.59. The van der Waals surface area contributed by atoms with Crippen LogP contribution < -0.4 is 16.0 Å². The van der Waals surface area contributed by atoms with E-state index >= 15 is 0 Å². The standard InChI is InChI=1S/C27H28N6O3S/c1-3-18(17-8-6-12-33(17)2)35-21-13-20(34)30-26(31-21)23-15-7-4-10-27(24(15)36-32-23)11-5-9-19-22(27)16(14-28)25(29)37-19/h1,13,17-18H,4-12,29H2,2H3,(H,30,31,34)/t17-,18-,27-/m0/s1. The number of nitriles is 1. The Morgan fingerprint density at radius 1 is 1.38 bits per heavy atom. The summed E-state index contributed by atoms with van der Waals surface area (Å²) in [6.07, 6.45) is 12.5. The van der Waals surface area contributed by atoms with Crippen molar-refractivity contribution in [2.24, 2.45) is 0 Å². The Balaban J connectivity index is 1.40. The largest absolute Gasteiger partial charge is 0.459 e. The lowest BCUT2D eigenvalue weighted by molar-refractivity contribution is 0.145. The zero-order chi connectivity index (χ0) is 25.7. The lowest BCUT2D eigenvalue weighted by Crippen LogP contribution is -2.39. The number of thiophene rings is 1. The minimum absolute atomic E-state index is 0.0714. The van der Waals surface area contributed by atoms with E-state index in [2.05, 4.69) is 32.0 Å². The molecule has 0 unspecified atom stereocenters. The van der Waals surface area contributed by atoms with Crippen LogP contribution in [0.1, 0.15) is 65.9 Å². The number of anilines is 1. The van der Waals surface area contributed by atoms with Gasteiger partial charge in [0.05, 0.1) is 23.1 Å². The quantitative estimate of drug-likeness (QED) is 0.504. The summed E-state index contributed by atoms with van der Waals surface area (Å²) in [5, 5.41) is 14.9. The Hall–Kier alpha value is -3.60. The summed E-state index contributed by atoms with van der Waals surface area (Å²) in [7, 11) is 2.02. The zero-order valence-corrected chi connectivity index (χ0v) is 21.5. The molecule has 3 aromatic heterocycles. The van der Waals surface area contributed by atoms with E-state index in [1.54, 1.807) is 0 Å². The predicted molar refractivity (Wildman–Crippen MR) is 139 cm³/mol. The molecule has 37 heavy (non-hydrogen) atoms. The molecule has 10 heteroatoms. The van der Waals surface area contributed by atoms with Gasteiger partial charge >= 0.3 is 0 Å². The maximum absolute atomic E-state index is 12.6. The molecule has 1 fully saturated rings. The average molecular weight is 517 g/mol. The number of H-pyrrole nitrogens is 1. The molecule has 1 saturated heterocycles. The number of likely N-dealkylation sites (N-methyl/N-ethyl adjacent to an activating group) is 1. The lowest BCUT2D eigenvalue weighted by atomic mass is 9.63. The van der Waals surface area contributed by atoms with E-state index in [0.717, 1.165) is 79.7 Å². The molecule has 3 atom stereocenters. The number of fused-ring (bicyclic) bond motifs is 4. The van der Waals surface area contributed by atoms with E-state index in [1.807, 2.05) is 7.05 Å². The number of likely N-dealkylation sites (tertiary alicyclic amines) is 1. The highest BCUT2D eigenvalue weighted by atomic mass is 32.1. The van der Waals surface area contributed by atoms with Crippen LogP contribution in [0.25, 0.3) is 11.5 Å². The molecule has 6 rings (SSSR count). The van der Waals surface area contributed by atoms with E-state index in [4.69, 9.17) is 21.4 Å². The first kappa shape index (κ1) is 23.8. The van der Waals surface area contributed by atoms with Crippen molar-refractivity contribution in [1.82, 2.24) is 20.0 Å². The summed E-state index contributed by atoms with van der Waals surface area (Å²) in [5.41, 5.74) is 8.43. The topological polar surface area (TPSA) is 134 Å². The molecule has 3 aliphatic rings. The van der Waals surface area contributed by atoms with Crippen molar-refractivity contribution in [3.05, 3.63) is 43.7 Å². The number of nitrogens with one attached hydrogen (secondary N) is 1. The molecule has 0 saturated carbocycles. The van der Waals surface area contributed by atoms with Crippen LogP contribution in [0.3, 0.4) is 0 Å². The summed E-state index contributed by atoms with van der Waals surface area (Å²) in [6.45, 7) is 0.956. The van der Waals surface area contributed by atoms with E-state index in [1.165, 1.54) is 17.4 Å². The van der Waals surface area contributed by atoms with Gasteiger partial charge in [-0.1, -0.05) is 11.1 Å². The molecule has 9 nitrogen and oxygen atoms in total. The highest BCUT2D eigenvalue weighted by Crippen LogP contribution is 2.55. The molecular weight excluding hydrogens is 488 g/mol. The second-order valence-electron chi connectivity index (χ2n) is 10.2. The Labute approximate surface area is 218 Å². The summed E-state index contributed by atoms with van der Waals surface area (Å²) in [4.78, 5) is 23.4. The number of nitrogen functional groups attached to an aromatic ring is 1. The van der Waals surface area contributed by atoms with Gasteiger partial charge < -0.3 is 20.0 Å². The highest BCUT2D eigenvalue weighted by molar-refractivity contribution is 7.16. The van der Waals surface area contributed by atoms with Gasteiger partial charge in [0.2, 0.25) is 5.88 Å². The molecule has 4 heterocycles. The number of aromatic amines is 1. The fourth-order valence-electron chi connectivity index (χ4n) is 6.51. The third kappa shape index (κ3) is 3.75. The van der Waals surface area contributed by atoms with Crippen molar-refractivity contribution in [3.63, 3.8) is 0 Å². The SMILES string of the molecule is C#C[C@H](Oc1cc(=O)[nH]c(-c2noc3c2CCC[C@@]32CCCc3sc(N)c(C#N)c32)n1)[C@@H]1CCCN1C. The van der Waals surface area contributed by atoms with Crippen molar-refractivity contribution < 1.29 is 9.26 Å². The first-order valence-corrected chi connectivity index (χ1v) is 13.5. The normalized spacial score (nSPS) is 23.7. The van der Waals surface area contributed by atoms with Crippen LogP contribution in [-0.2, 0) is 18.3 Å². The molecule has 3 aromatic rings. The van der Waals surface area contributed by atoms with Crippen molar-refractivity contribution in [1.29, 1.82) is 5.26 Å². The van der Waals surface area contributed by atoms with E-state index in [0.29, 0.717) is 22.1 Å². The number of aryl methyl sites for hydroxylation is 1. The minimum Gasteiger partial charge on any atom is -0.459 e. The van der Waals surface area contributed by atoms with Crippen LogP contribution in [0, 0.1) is 23.7 Å². The van der Waals surface area contributed by atoms with Crippen LogP contribution >= 0.6 is 11.3 Å². The Morgan fingerprint density at radius 2 is 2.19 bits per heavy atom. The third-order valence-electron chi connectivity index (χ3n) is 8.14. The molecule has 0 bridgehead atoms. The van der Waals surface area contributed by atoms with Gasteiger partial charge in [-0.2, -0.15) is 10.2 Å². The number of hydrogen-bond donors (Lipinski definition) is 2. The van der Waals surface area contributed by atoms with Gasteiger partial charge in [0.1, 0.15) is 11.1 Å². The fraction of sp³-hybridized carbons (Fsp3) is 0.481. The van der Waals surface area contributed by atoms with Crippen molar-refractivity contribution in [2.75, 3.05) is 19.3 Å². The number of aromatic nitrogens is 3. The lowest BCUT2D eigenvalue weighted by Gasteiger charge is -2.39. The first-order chi connectivity index (χ1) is 17.9. The molecule has 1 spiro atoms. The number of ether oxygens (including phenoxy) is 1. The van der Waals surface area contributed by atoms with Gasteiger partial charge in [-0.3, -0.25) is 9.69 Å². The molecule has 1 aliphatic heterocycles. The van der Waals surface area contributed by atoms with Crippen molar-refractivity contribution >= 4 is 16.3 Å². The molecule has 0 aromatic carbocycles. The predicted octanol–water partition coefficient (Wildman–Crippen LogP) is 3.37. The number of hydrogen-bond acceptors (Lipinski definition) is 9. The van der Waals surface area contributed by atoms with Crippen LogP contribution in [0.15, 0.2) is 15.4 Å². The Morgan fingerprint density at radius 3 is 2.92 bits per heavy atom. The van der Waals surface area contributed by atoms with Gasteiger partial charge in [0.25, 0.3) is 5.56 Å². The Bertz CT molecular complexity index is 1500. The molecule has 3 N–H and O–H groups in total. The van der Waals surface area contributed by atoms with Crippen LogP contribution in [0.4, 0.5) is 5.00 Å². The molecular formula is C27H28N6O3S. The van der Waals surface area contributed by atoms with Gasteiger partial charge in [0.15, 0.2) is 23.4 Å². The van der Waals surface area contributed by atoms with Gasteiger partial charge in [-0.05, 0) is 70.5 Å². The third-order valence-corrected chi connectivity index (χ3v) is 9.22. The number of nitrogens with two attached hydrogens (primary N) is 1. The summed E-state index contributed by atoms with van der Waals surface area (Å²) in [5.74, 6) is 3.94. The van der Waals surface area contributed by atoms with Crippen LogP contribution in [-0.4, -0.2) is 45.8 Å².